The van der Waals surface area contributed by atoms with Crippen LogP contribution in [0.1, 0.15) is 19.8 Å². The Balaban J connectivity index is 0.00000280. The molecule has 0 radical (unpaired) electrons. The molecule has 2 aromatic rings. The Labute approximate surface area is 185 Å². The third-order valence-corrected chi connectivity index (χ3v) is 4.94. The zero-order valence-electron chi connectivity index (χ0n) is 17.0. The van der Waals surface area contributed by atoms with Crippen LogP contribution in [-0.2, 0) is 0 Å². The van der Waals surface area contributed by atoms with Gasteiger partial charge in [-0.15, -0.1) is 24.0 Å². The lowest BCUT2D eigenvalue weighted by Gasteiger charge is -2.13. The number of ether oxygens (including phenoxy) is 1. The first-order valence-corrected chi connectivity index (χ1v) is 10.1. The Morgan fingerprint density at radius 1 is 1.18 bits per heavy atom. The van der Waals surface area contributed by atoms with Crippen LogP contribution in [0, 0.1) is 5.92 Å². The number of nitrogens with zero attached hydrogens (tertiary/aromatic N) is 2. The molecule has 28 heavy (non-hydrogen) atoms. The Morgan fingerprint density at radius 2 is 2.00 bits per heavy atom. The molecule has 0 saturated carbocycles. The second-order valence-corrected chi connectivity index (χ2v) is 7.27. The summed E-state index contributed by atoms with van der Waals surface area (Å²) < 4.78 is 5.90. The Bertz CT molecular complexity index is 752. The van der Waals surface area contributed by atoms with Crippen molar-refractivity contribution in [3.8, 4) is 5.75 Å². The van der Waals surface area contributed by atoms with E-state index in [9.17, 15) is 0 Å². The lowest BCUT2D eigenvalue weighted by Crippen LogP contribution is -2.38. The summed E-state index contributed by atoms with van der Waals surface area (Å²) in [5.74, 6) is 2.53. The van der Waals surface area contributed by atoms with E-state index in [1.54, 1.807) is 0 Å². The Kier molecular flexibility index (Phi) is 9.84. The molecule has 1 heterocycles. The largest absolute Gasteiger partial charge is 0.494 e. The molecule has 0 spiro atoms. The van der Waals surface area contributed by atoms with Crippen LogP contribution < -0.4 is 15.4 Å². The van der Waals surface area contributed by atoms with Crippen LogP contribution in [-0.4, -0.2) is 57.2 Å². The van der Waals surface area contributed by atoms with E-state index in [1.165, 1.54) is 23.7 Å². The average Bonchev–Trinajstić information content (AvgIpc) is 3.11. The van der Waals surface area contributed by atoms with Crippen molar-refractivity contribution in [1.82, 2.24) is 15.5 Å². The summed E-state index contributed by atoms with van der Waals surface area (Å²) >= 11 is 0. The summed E-state index contributed by atoms with van der Waals surface area (Å²) in [6.45, 7) is 7.77. The lowest BCUT2D eigenvalue weighted by molar-refractivity contribution is 0.311. The fourth-order valence-electron chi connectivity index (χ4n) is 3.46. The van der Waals surface area contributed by atoms with Gasteiger partial charge in [0.1, 0.15) is 5.75 Å². The predicted octanol–water partition coefficient (Wildman–Crippen LogP) is 3.73. The van der Waals surface area contributed by atoms with Crippen LogP contribution in [0.5, 0.6) is 5.75 Å². The van der Waals surface area contributed by atoms with E-state index in [1.807, 2.05) is 6.07 Å². The molecule has 1 unspecified atom stereocenters. The average molecular weight is 496 g/mol. The molecule has 0 aromatic heterocycles. The minimum Gasteiger partial charge on any atom is -0.494 e. The second kappa shape index (κ2) is 12.1. The van der Waals surface area contributed by atoms with E-state index < -0.39 is 0 Å². The third kappa shape index (κ3) is 7.13. The highest BCUT2D eigenvalue weighted by molar-refractivity contribution is 14.0. The van der Waals surface area contributed by atoms with E-state index in [4.69, 9.17) is 9.73 Å². The van der Waals surface area contributed by atoms with E-state index in [0.717, 1.165) is 44.3 Å². The molecule has 3 rings (SSSR count). The summed E-state index contributed by atoms with van der Waals surface area (Å²) in [7, 11) is 2.18. The maximum atomic E-state index is 5.90. The van der Waals surface area contributed by atoms with Crippen molar-refractivity contribution in [3.05, 3.63) is 42.5 Å². The summed E-state index contributed by atoms with van der Waals surface area (Å²) in [5.41, 5.74) is 0. The molecule has 5 nitrogen and oxygen atoms in total. The van der Waals surface area contributed by atoms with Crippen molar-refractivity contribution in [2.24, 2.45) is 10.9 Å². The van der Waals surface area contributed by atoms with Crippen molar-refractivity contribution in [1.29, 1.82) is 0 Å². The van der Waals surface area contributed by atoms with Gasteiger partial charge >= 0.3 is 0 Å². The van der Waals surface area contributed by atoms with E-state index >= 15 is 0 Å². The first kappa shape index (κ1) is 22.7. The molecule has 2 N–H and O–H groups in total. The molecule has 1 fully saturated rings. The van der Waals surface area contributed by atoms with Gasteiger partial charge < -0.3 is 20.3 Å². The highest BCUT2D eigenvalue weighted by Gasteiger charge is 2.18. The topological polar surface area (TPSA) is 48.9 Å². The van der Waals surface area contributed by atoms with Gasteiger partial charge in [0.25, 0.3) is 0 Å². The third-order valence-electron chi connectivity index (χ3n) is 4.94. The van der Waals surface area contributed by atoms with Crippen LogP contribution in [0.2, 0.25) is 0 Å². The number of nitrogens with one attached hydrogen (secondary N) is 2. The van der Waals surface area contributed by atoms with Gasteiger partial charge in [0.15, 0.2) is 5.96 Å². The first-order valence-electron chi connectivity index (χ1n) is 10.1. The Morgan fingerprint density at radius 3 is 2.75 bits per heavy atom. The highest BCUT2D eigenvalue weighted by atomic mass is 127. The molecule has 1 aliphatic heterocycles. The maximum absolute atomic E-state index is 5.90. The van der Waals surface area contributed by atoms with Gasteiger partial charge in [-0.25, -0.2) is 0 Å². The fraction of sp³-hybridized carbons (Fsp3) is 0.500. The van der Waals surface area contributed by atoms with E-state index in [-0.39, 0.29) is 24.0 Å². The number of aliphatic imine (C=N–C) groups is 1. The monoisotopic (exact) mass is 496 g/mol. The van der Waals surface area contributed by atoms with Gasteiger partial charge in [0.2, 0.25) is 0 Å². The molecule has 154 valence electrons. The molecule has 1 saturated heterocycles. The lowest BCUT2D eigenvalue weighted by atomic mass is 10.1. The fourth-order valence-corrected chi connectivity index (χ4v) is 3.46. The molecular formula is C22H33IN4O. The van der Waals surface area contributed by atoms with Crippen molar-refractivity contribution >= 4 is 40.7 Å². The maximum Gasteiger partial charge on any atom is 0.191 e. The highest BCUT2D eigenvalue weighted by Crippen LogP contribution is 2.20. The van der Waals surface area contributed by atoms with E-state index in [2.05, 4.69) is 65.9 Å². The van der Waals surface area contributed by atoms with Crippen LogP contribution in [0.25, 0.3) is 10.8 Å². The van der Waals surface area contributed by atoms with Crippen molar-refractivity contribution in [2.75, 3.05) is 46.4 Å². The molecule has 1 atom stereocenters. The van der Waals surface area contributed by atoms with Gasteiger partial charge in [0.05, 0.1) is 6.61 Å². The molecule has 0 bridgehead atoms. The first-order chi connectivity index (χ1) is 13.2. The molecule has 0 aliphatic carbocycles. The van der Waals surface area contributed by atoms with Gasteiger partial charge in [0, 0.05) is 26.2 Å². The molecule has 6 heteroatoms. The predicted molar refractivity (Wildman–Crippen MR) is 129 cm³/mol. The molecular weight excluding hydrogens is 463 g/mol. The number of hydrogen-bond donors (Lipinski definition) is 2. The van der Waals surface area contributed by atoms with E-state index in [0.29, 0.717) is 12.5 Å². The van der Waals surface area contributed by atoms with Gasteiger partial charge in [-0.05, 0) is 62.2 Å². The summed E-state index contributed by atoms with van der Waals surface area (Å²) in [4.78, 5) is 7.13. The number of rotatable bonds is 8. The van der Waals surface area contributed by atoms with Gasteiger partial charge in [-0.2, -0.15) is 0 Å². The van der Waals surface area contributed by atoms with Crippen LogP contribution >= 0.6 is 24.0 Å². The molecule has 0 amide bonds. The number of fused-ring (bicyclic) bond motifs is 1. The van der Waals surface area contributed by atoms with Crippen molar-refractivity contribution in [3.63, 3.8) is 0 Å². The number of guanidine groups is 1. The van der Waals surface area contributed by atoms with Gasteiger partial charge in [-0.1, -0.05) is 30.3 Å². The smallest absolute Gasteiger partial charge is 0.191 e. The van der Waals surface area contributed by atoms with Gasteiger partial charge in [-0.3, -0.25) is 4.99 Å². The normalized spacial score (nSPS) is 17.4. The molecule has 2 aromatic carbocycles. The van der Waals surface area contributed by atoms with Crippen LogP contribution in [0.15, 0.2) is 47.5 Å². The molecule has 1 aliphatic rings. The second-order valence-electron chi connectivity index (χ2n) is 7.27. The van der Waals surface area contributed by atoms with Crippen molar-refractivity contribution in [2.45, 2.75) is 19.8 Å². The standard InChI is InChI=1S/C22H32N4O.HI/c1-3-23-22(25-16-18-11-13-26(2)17-18)24-12-6-14-27-21-10-9-19-7-4-5-8-20(19)15-21;/h4-5,7-10,15,18H,3,6,11-14,16-17H2,1-2H3,(H2,23,24,25);1H. The number of halogens is 1. The minimum atomic E-state index is 0. The quantitative estimate of drug-likeness (QED) is 0.253. The van der Waals surface area contributed by atoms with Crippen molar-refractivity contribution < 1.29 is 4.74 Å². The minimum absolute atomic E-state index is 0. The van der Waals surface area contributed by atoms with Crippen LogP contribution in [0.3, 0.4) is 0 Å². The number of hydrogen-bond acceptors (Lipinski definition) is 3. The Hall–Kier alpha value is -1.54. The summed E-state index contributed by atoms with van der Waals surface area (Å²) in [6.07, 6.45) is 2.18. The van der Waals surface area contributed by atoms with Crippen LogP contribution in [0.4, 0.5) is 0 Å². The summed E-state index contributed by atoms with van der Waals surface area (Å²) in [6, 6.07) is 14.6. The number of benzene rings is 2. The zero-order valence-corrected chi connectivity index (χ0v) is 19.3. The summed E-state index contributed by atoms with van der Waals surface area (Å²) in [5, 5.41) is 9.21. The number of likely N-dealkylation sites (tertiary alicyclic amines) is 1. The zero-order chi connectivity index (χ0) is 18.9. The SMILES string of the molecule is CCNC(=NCC1CCN(C)C1)NCCCOc1ccc2ccccc2c1.I.